The second-order valence-corrected chi connectivity index (χ2v) is 6.89. The van der Waals surface area contributed by atoms with Crippen molar-refractivity contribution in [1.29, 1.82) is 0 Å². The fraction of sp³-hybridized carbons (Fsp3) is 0.286. The minimum Gasteiger partial charge on any atom is -0.326 e. The van der Waals surface area contributed by atoms with Gasteiger partial charge >= 0.3 is 0 Å². The number of aromatic nitrogens is 2. The Labute approximate surface area is 123 Å². The molecule has 0 spiro atoms. The normalized spacial score (nSPS) is 11.3. The van der Waals surface area contributed by atoms with E-state index in [4.69, 9.17) is 0 Å². The van der Waals surface area contributed by atoms with E-state index in [9.17, 15) is 13.2 Å². The van der Waals surface area contributed by atoms with Crippen molar-refractivity contribution < 1.29 is 13.2 Å². The molecular formula is C14H17N3O3S. The van der Waals surface area contributed by atoms with Crippen LogP contribution < -0.4 is 5.32 Å². The van der Waals surface area contributed by atoms with Gasteiger partial charge in [-0.1, -0.05) is 0 Å². The maximum Gasteiger partial charge on any atom is 0.226 e. The van der Waals surface area contributed by atoms with Gasteiger partial charge in [0.05, 0.1) is 11.1 Å². The fourth-order valence-corrected chi connectivity index (χ4v) is 2.44. The molecule has 1 aromatic heterocycles. The summed E-state index contributed by atoms with van der Waals surface area (Å²) in [5, 5.41) is 6.83. The summed E-state index contributed by atoms with van der Waals surface area (Å²) in [7, 11) is -3.22. The number of rotatable bonds is 5. The van der Waals surface area contributed by atoms with Crippen molar-refractivity contribution in [2.45, 2.75) is 24.8 Å². The second kappa shape index (κ2) is 6.09. The number of amides is 1. The summed E-state index contributed by atoms with van der Waals surface area (Å²) in [5.41, 5.74) is 1.62. The van der Waals surface area contributed by atoms with Crippen molar-refractivity contribution >= 4 is 21.4 Å². The summed E-state index contributed by atoms with van der Waals surface area (Å²) in [6.45, 7) is 2.44. The number of aryl methyl sites for hydroxylation is 2. The van der Waals surface area contributed by atoms with E-state index >= 15 is 0 Å². The SMILES string of the molecule is Cc1cnn(CCC(=O)Nc2ccc(S(C)(=O)=O)cc2)c1. The topological polar surface area (TPSA) is 81.1 Å². The van der Waals surface area contributed by atoms with E-state index in [1.165, 1.54) is 12.1 Å². The van der Waals surface area contributed by atoms with Crippen LogP contribution in [0.2, 0.25) is 0 Å². The highest BCUT2D eigenvalue weighted by atomic mass is 32.2. The van der Waals surface area contributed by atoms with Crippen molar-refractivity contribution in [3.63, 3.8) is 0 Å². The maximum atomic E-state index is 11.8. The fourth-order valence-electron chi connectivity index (χ4n) is 1.81. The molecule has 1 amide bonds. The average molecular weight is 307 g/mol. The first-order valence-corrected chi connectivity index (χ1v) is 8.33. The molecule has 1 heterocycles. The standard InChI is InChI=1S/C14H17N3O3S/c1-11-9-15-17(10-11)8-7-14(18)16-12-3-5-13(6-4-12)21(2,19)20/h3-6,9-10H,7-8H2,1-2H3,(H,16,18). The number of sulfone groups is 1. The molecule has 21 heavy (non-hydrogen) atoms. The molecule has 0 bridgehead atoms. The van der Waals surface area contributed by atoms with Crippen LogP contribution in [0, 0.1) is 6.92 Å². The minimum absolute atomic E-state index is 0.143. The quantitative estimate of drug-likeness (QED) is 0.910. The van der Waals surface area contributed by atoms with Crippen LogP contribution in [-0.4, -0.2) is 30.4 Å². The van der Waals surface area contributed by atoms with Crippen LogP contribution >= 0.6 is 0 Å². The minimum atomic E-state index is -3.22. The molecule has 1 aromatic carbocycles. The predicted octanol–water partition coefficient (Wildman–Crippen LogP) is 1.62. The number of nitrogens with zero attached hydrogens (tertiary/aromatic N) is 2. The largest absolute Gasteiger partial charge is 0.326 e. The summed E-state index contributed by atoms with van der Waals surface area (Å²) < 4.78 is 24.4. The molecule has 1 N–H and O–H groups in total. The second-order valence-electron chi connectivity index (χ2n) is 4.88. The Morgan fingerprint density at radius 2 is 1.95 bits per heavy atom. The molecule has 112 valence electrons. The van der Waals surface area contributed by atoms with Gasteiger partial charge in [0.2, 0.25) is 5.91 Å². The average Bonchev–Trinajstić information content (AvgIpc) is 2.82. The number of benzene rings is 1. The number of carbonyl (C=O) groups is 1. The zero-order valence-electron chi connectivity index (χ0n) is 11.9. The van der Waals surface area contributed by atoms with E-state index in [0.29, 0.717) is 18.7 Å². The first-order valence-electron chi connectivity index (χ1n) is 6.43. The van der Waals surface area contributed by atoms with E-state index in [2.05, 4.69) is 10.4 Å². The van der Waals surface area contributed by atoms with Crippen molar-refractivity contribution in [2.75, 3.05) is 11.6 Å². The maximum absolute atomic E-state index is 11.8. The van der Waals surface area contributed by atoms with Crippen LogP contribution in [-0.2, 0) is 21.2 Å². The van der Waals surface area contributed by atoms with Crippen LogP contribution in [0.15, 0.2) is 41.6 Å². The molecule has 0 aliphatic heterocycles. The van der Waals surface area contributed by atoms with Crippen LogP contribution in [0.5, 0.6) is 0 Å². The summed E-state index contributed by atoms with van der Waals surface area (Å²) in [5.74, 6) is -0.143. The molecule has 0 aliphatic carbocycles. The van der Waals surface area contributed by atoms with Gasteiger partial charge in [-0.2, -0.15) is 5.10 Å². The Kier molecular flexibility index (Phi) is 4.42. The highest BCUT2D eigenvalue weighted by Gasteiger charge is 2.08. The third kappa shape index (κ3) is 4.42. The van der Waals surface area contributed by atoms with Gasteiger partial charge in [-0.3, -0.25) is 9.48 Å². The van der Waals surface area contributed by atoms with Crippen LogP contribution in [0.1, 0.15) is 12.0 Å². The number of carbonyl (C=O) groups excluding carboxylic acids is 1. The summed E-state index contributed by atoms with van der Waals surface area (Å²) in [4.78, 5) is 12.0. The van der Waals surface area contributed by atoms with Crippen molar-refractivity contribution in [2.24, 2.45) is 0 Å². The molecule has 6 nitrogen and oxygen atoms in total. The third-order valence-electron chi connectivity index (χ3n) is 2.90. The zero-order chi connectivity index (χ0) is 15.5. The Bertz CT molecular complexity index is 733. The number of hydrogen-bond donors (Lipinski definition) is 1. The van der Waals surface area contributed by atoms with Gasteiger partial charge in [-0.25, -0.2) is 8.42 Å². The van der Waals surface area contributed by atoms with Gasteiger partial charge in [0, 0.05) is 31.1 Å². The monoisotopic (exact) mass is 307 g/mol. The molecule has 0 radical (unpaired) electrons. The summed E-state index contributed by atoms with van der Waals surface area (Å²) in [6.07, 6.45) is 5.05. The van der Waals surface area contributed by atoms with Gasteiger partial charge < -0.3 is 5.32 Å². The molecule has 2 aromatic rings. The molecule has 0 fully saturated rings. The lowest BCUT2D eigenvalue weighted by Gasteiger charge is -2.06. The van der Waals surface area contributed by atoms with Crippen LogP contribution in [0.4, 0.5) is 5.69 Å². The molecule has 0 aliphatic rings. The predicted molar refractivity (Wildman–Crippen MR) is 79.8 cm³/mol. The Morgan fingerprint density at radius 1 is 1.29 bits per heavy atom. The Balaban J connectivity index is 1.90. The molecule has 0 atom stereocenters. The van der Waals surface area contributed by atoms with Crippen molar-refractivity contribution in [3.05, 3.63) is 42.2 Å². The van der Waals surface area contributed by atoms with Gasteiger partial charge in [-0.05, 0) is 36.8 Å². The molecule has 2 rings (SSSR count). The number of anilines is 1. The van der Waals surface area contributed by atoms with Gasteiger partial charge in [0.15, 0.2) is 9.84 Å². The number of nitrogens with one attached hydrogen (secondary N) is 1. The first-order chi connectivity index (χ1) is 9.84. The van der Waals surface area contributed by atoms with E-state index in [1.807, 2.05) is 13.1 Å². The lowest BCUT2D eigenvalue weighted by atomic mass is 10.3. The van der Waals surface area contributed by atoms with Gasteiger partial charge in [0.25, 0.3) is 0 Å². The molecule has 0 saturated carbocycles. The Hall–Kier alpha value is -2.15. The van der Waals surface area contributed by atoms with Crippen LogP contribution in [0.3, 0.4) is 0 Å². The molecular weight excluding hydrogens is 290 g/mol. The van der Waals surface area contributed by atoms with Gasteiger partial charge in [-0.15, -0.1) is 0 Å². The Morgan fingerprint density at radius 3 is 2.48 bits per heavy atom. The highest BCUT2D eigenvalue weighted by molar-refractivity contribution is 7.90. The summed E-state index contributed by atoms with van der Waals surface area (Å²) >= 11 is 0. The lowest BCUT2D eigenvalue weighted by Crippen LogP contribution is -2.14. The van der Waals surface area contributed by atoms with Gasteiger partial charge in [0.1, 0.15) is 0 Å². The zero-order valence-corrected chi connectivity index (χ0v) is 12.7. The molecule has 0 saturated heterocycles. The molecule has 7 heteroatoms. The van der Waals surface area contributed by atoms with E-state index in [0.717, 1.165) is 11.8 Å². The van der Waals surface area contributed by atoms with Crippen molar-refractivity contribution in [1.82, 2.24) is 9.78 Å². The third-order valence-corrected chi connectivity index (χ3v) is 4.03. The number of hydrogen-bond acceptors (Lipinski definition) is 4. The smallest absolute Gasteiger partial charge is 0.226 e. The van der Waals surface area contributed by atoms with Crippen LogP contribution in [0.25, 0.3) is 0 Å². The summed E-state index contributed by atoms with van der Waals surface area (Å²) in [6, 6.07) is 6.10. The first kappa shape index (κ1) is 15.2. The van der Waals surface area contributed by atoms with Crippen molar-refractivity contribution in [3.8, 4) is 0 Å². The van der Waals surface area contributed by atoms with E-state index < -0.39 is 9.84 Å². The van der Waals surface area contributed by atoms with E-state index in [-0.39, 0.29) is 10.8 Å². The van der Waals surface area contributed by atoms with E-state index in [1.54, 1.807) is 23.0 Å². The lowest BCUT2D eigenvalue weighted by molar-refractivity contribution is -0.116. The highest BCUT2D eigenvalue weighted by Crippen LogP contribution is 2.14. The molecule has 0 unspecified atom stereocenters.